The first-order valence-corrected chi connectivity index (χ1v) is 8.05. The minimum absolute atomic E-state index is 0.0333. The molecule has 7 nitrogen and oxygen atoms in total. The lowest BCUT2D eigenvalue weighted by molar-refractivity contribution is -0.0497. The van der Waals surface area contributed by atoms with Crippen molar-refractivity contribution in [1.82, 2.24) is 19.7 Å². The van der Waals surface area contributed by atoms with Crippen molar-refractivity contribution in [3.05, 3.63) is 30.6 Å². The van der Waals surface area contributed by atoms with E-state index >= 15 is 0 Å². The van der Waals surface area contributed by atoms with Gasteiger partial charge in [0.05, 0.1) is 29.1 Å². The molecule has 0 saturated carbocycles. The summed E-state index contributed by atoms with van der Waals surface area (Å²) < 4.78 is 36.5. The zero-order chi connectivity index (χ0) is 17.2. The third-order valence-corrected chi connectivity index (χ3v) is 3.99. The minimum Gasteiger partial charge on any atom is -0.435 e. The van der Waals surface area contributed by atoms with Gasteiger partial charge in [0.2, 0.25) is 5.95 Å². The molecule has 1 aromatic carbocycles. The normalized spacial score (nSPS) is 18.0. The Morgan fingerprint density at radius 2 is 2.28 bits per heavy atom. The molecule has 2 aromatic heterocycles. The zero-order valence-corrected chi connectivity index (χ0v) is 13.3. The van der Waals surface area contributed by atoms with E-state index in [1.165, 1.54) is 12.1 Å². The van der Waals surface area contributed by atoms with Gasteiger partial charge in [-0.05, 0) is 31.4 Å². The van der Waals surface area contributed by atoms with E-state index < -0.39 is 6.61 Å². The Balaban J connectivity index is 1.49. The van der Waals surface area contributed by atoms with E-state index in [1.54, 1.807) is 16.9 Å². The summed E-state index contributed by atoms with van der Waals surface area (Å²) in [7, 11) is 0. The number of nitrogens with zero attached hydrogens (tertiary/aromatic N) is 3. The summed E-state index contributed by atoms with van der Waals surface area (Å²) in [6.45, 7) is -2.11. The van der Waals surface area contributed by atoms with Crippen LogP contribution in [0.15, 0.2) is 30.6 Å². The number of aromatic amines is 1. The summed E-state index contributed by atoms with van der Waals surface area (Å²) in [5, 5.41) is 7.44. The number of imidazole rings is 1. The Bertz CT molecular complexity index is 857. The summed E-state index contributed by atoms with van der Waals surface area (Å²) in [6, 6.07) is 4.56. The highest BCUT2D eigenvalue weighted by Gasteiger charge is 2.16. The smallest absolute Gasteiger partial charge is 0.387 e. The molecule has 3 heterocycles. The van der Waals surface area contributed by atoms with E-state index in [2.05, 4.69) is 25.1 Å². The second-order valence-electron chi connectivity index (χ2n) is 5.80. The molecule has 1 unspecified atom stereocenters. The number of halogens is 2. The molecule has 0 bridgehead atoms. The van der Waals surface area contributed by atoms with Crippen LogP contribution in [0.3, 0.4) is 0 Å². The quantitative estimate of drug-likeness (QED) is 0.733. The van der Waals surface area contributed by atoms with Gasteiger partial charge in [-0.15, -0.1) is 0 Å². The number of aromatic nitrogens is 4. The van der Waals surface area contributed by atoms with Gasteiger partial charge in [-0.25, -0.2) is 9.67 Å². The van der Waals surface area contributed by atoms with Gasteiger partial charge in [-0.1, -0.05) is 0 Å². The Morgan fingerprint density at radius 3 is 3.08 bits per heavy atom. The molecule has 1 atom stereocenters. The molecule has 1 fully saturated rings. The van der Waals surface area contributed by atoms with Crippen LogP contribution in [0.2, 0.25) is 0 Å². The standard InChI is InChI=1S/C16H17F2N5O2/c17-15(18)25-11-4-5-12-13(7-11)22-16(21-12)20-10-8-19-23(9-10)14-3-1-2-6-24-14/h4-5,7-9,14-15H,1-3,6H2,(H2,20,21,22). The van der Waals surface area contributed by atoms with Crippen molar-refractivity contribution in [2.24, 2.45) is 0 Å². The van der Waals surface area contributed by atoms with Gasteiger partial charge in [0, 0.05) is 12.7 Å². The summed E-state index contributed by atoms with van der Waals surface area (Å²) in [4.78, 5) is 7.40. The Kier molecular flexibility index (Phi) is 4.22. The van der Waals surface area contributed by atoms with E-state index in [-0.39, 0.29) is 12.0 Å². The maximum atomic E-state index is 12.3. The Hall–Kier alpha value is -2.68. The number of anilines is 2. The van der Waals surface area contributed by atoms with Crippen LogP contribution < -0.4 is 10.1 Å². The second-order valence-corrected chi connectivity index (χ2v) is 5.80. The first kappa shape index (κ1) is 15.8. The van der Waals surface area contributed by atoms with Crippen LogP contribution in [0.4, 0.5) is 20.4 Å². The van der Waals surface area contributed by atoms with Gasteiger partial charge >= 0.3 is 6.61 Å². The average Bonchev–Trinajstić information content (AvgIpc) is 3.21. The highest BCUT2D eigenvalue weighted by Crippen LogP contribution is 2.25. The molecule has 0 amide bonds. The summed E-state index contributed by atoms with van der Waals surface area (Å²) in [5.74, 6) is 0.577. The molecule has 25 heavy (non-hydrogen) atoms. The predicted octanol–water partition coefficient (Wildman–Crippen LogP) is 3.80. The number of ether oxygens (including phenoxy) is 2. The van der Waals surface area contributed by atoms with Crippen molar-refractivity contribution in [1.29, 1.82) is 0 Å². The number of benzene rings is 1. The highest BCUT2D eigenvalue weighted by molar-refractivity contribution is 5.79. The molecule has 0 radical (unpaired) electrons. The largest absolute Gasteiger partial charge is 0.435 e. The third-order valence-electron chi connectivity index (χ3n) is 3.99. The van der Waals surface area contributed by atoms with Crippen molar-refractivity contribution in [3.8, 4) is 5.75 Å². The molecule has 1 saturated heterocycles. The molecule has 3 aromatic rings. The zero-order valence-electron chi connectivity index (χ0n) is 13.3. The number of nitrogens with one attached hydrogen (secondary N) is 2. The van der Waals surface area contributed by atoms with Crippen LogP contribution in [0.5, 0.6) is 5.75 Å². The lowest BCUT2D eigenvalue weighted by Gasteiger charge is -2.22. The molecule has 4 rings (SSSR count). The van der Waals surface area contributed by atoms with E-state index in [0.717, 1.165) is 31.6 Å². The van der Waals surface area contributed by atoms with E-state index in [9.17, 15) is 8.78 Å². The fourth-order valence-electron chi connectivity index (χ4n) is 2.85. The van der Waals surface area contributed by atoms with E-state index in [0.29, 0.717) is 17.0 Å². The SMILES string of the molecule is FC(F)Oc1ccc2nc(Nc3cnn(C4CCCCO4)c3)[nH]c2c1. The fourth-order valence-corrected chi connectivity index (χ4v) is 2.85. The minimum atomic E-state index is -2.86. The molecular weight excluding hydrogens is 332 g/mol. The van der Waals surface area contributed by atoms with Gasteiger partial charge in [0.1, 0.15) is 12.0 Å². The van der Waals surface area contributed by atoms with E-state index in [4.69, 9.17) is 4.74 Å². The monoisotopic (exact) mass is 349 g/mol. The Labute approximate surface area is 141 Å². The van der Waals surface area contributed by atoms with Crippen LogP contribution in [-0.2, 0) is 4.74 Å². The second kappa shape index (κ2) is 6.67. The number of hydrogen-bond donors (Lipinski definition) is 2. The maximum Gasteiger partial charge on any atom is 0.387 e. The number of alkyl halides is 2. The molecule has 0 aliphatic carbocycles. The van der Waals surface area contributed by atoms with Crippen molar-refractivity contribution < 1.29 is 18.3 Å². The molecule has 2 N–H and O–H groups in total. The first-order chi connectivity index (χ1) is 12.2. The first-order valence-electron chi connectivity index (χ1n) is 8.05. The third kappa shape index (κ3) is 3.55. The topological polar surface area (TPSA) is 77.0 Å². The lowest BCUT2D eigenvalue weighted by Crippen LogP contribution is -2.18. The average molecular weight is 349 g/mol. The van der Waals surface area contributed by atoms with Gasteiger partial charge < -0.3 is 19.8 Å². The van der Waals surface area contributed by atoms with Crippen molar-refractivity contribution in [3.63, 3.8) is 0 Å². The summed E-state index contributed by atoms with van der Waals surface area (Å²) in [6.07, 6.45) is 6.66. The Morgan fingerprint density at radius 1 is 1.36 bits per heavy atom. The number of fused-ring (bicyclic) bond motifs is 1. The molecule has 9 heteroatoms. The molecule has 132 valence electrons. The number of rotatable bonds is 5. The van der Waals surface area contributed by atoms with Gasteiger partial charge in [-0.3, -0.25) is 0 Å². The van der Waals surface area contributed by atoms with Gasteiger partial charge in [-0.2, -0.15) is 13.9 Å². The van der Waals surface area contributed by atoms with E-state index in [1.807, 2.05) is 6.20 Å². The molecule has 1 aliphatic rings. The number of H-pyrrole nitrogens is 1. The predicted molar refractivity (Wildman–Crippen MR) is 87.1 cm³/mol. The van der Waals surface area contributed by atoms with Crippen LogP contribution in [0.25, 0.3) is 11.0 Å². The highest BCUT2D eigenvalue weighted by atomic mass is 19.3. The van der Waals surface area contributed by atoms with Crippen molar-refractivity contribution in [2.45, 2.75) is 32.1 Å². The fraction of sp³-hybridized carbons (Fsp3) is 0.375. The summed E-state index contributed by atoms with van der Waals surface area (Å²) >= 11 is 0. The van der Waals surface area contributed by atoms with Crippen LogP contribution in [0.1, 0.15) is 25.5 Å². The maximum absolute atomic E-state index is 12.3. The van der Waals surface area contributed by atoms with Gasteiger partial charge in [0.15, 0.2) is 0 Å². The van der Waals surface area contributed by atoms with Gasteiger partial charge in [0.25, 0.3) is 0 Å². The molecule has 0 spiro atoms. The van der Waals surface area contributed by atoms with Crippen LogP contribution >= 0.6 is 0 Å². The van der Waals surface area contributed by atoms with Crippen LogP contribution in [-0.4, -0.2) is 33.0 Å². The van der Waals surface area contributed by atoms with Crippen molar-refractivity contribution >= 4 is 22.7 Å². The molecule has 1 aliphatic heterocycles. The summed E-state index contributed by atoms with van der Waals surface area (Å²) in [5.41, 5.74) is 2.01. The van der Waals surface area contributed by atoms with Crippen molar-refractivity contribution in [2.75, 3.05) is 11.9 Å². The van der Waals surface area contributed by atoms with Crippen LogP contribution in [0, 0.1) is 0 Å². The lowest BCUT2D eigenvalue weighted by atomic mass is 10.2. The number of hydrogen-bond acceptors (Lipinski definition) is 5. The molecular formula is C16H17F2N5O2.